The van der Waals surface area contributed by atoms with Crippen molar-refractivity contribution < 1.29 is 0 Å². The number of rotatable bonds is 2. The lowest BCUT2D eigenvalue weighted by molar-refractivity contribution is 0.134. The first-order chi connectivity index (χ1) is 10.2. The van der Waals surface area contributed by atoms with E-state index in [-0.39, 0.29) is 0 Å². The standard InChI is InChI=1S/C17H26N4/c1-12-9-13(2)19-17(18-12)21-7-5-20(6-8-21)16-11-14-3-4-15(16)10-14/h9,14-16H,3-8,10-11H2,1-2H3. The van der Waals surface area contributed by atoms with Gasteiger partial charge in [-0.25, -0.2) is 9.97 Å². The Kier molecular flexibility index (Phi) is 3.37. The van der Waals surface area contributed by atoms with Crippen LogP contribution >= 0.6 is 0 Å². The van der Waals surface area contributed by atoms with Gasteiger partial charge in [-0.15, -0.1) is 0 Å². The van der Waals surface area contributed by atoms with Crippen molar-refractivity contribution in [2.75, 3.05) is 31.1 Å². The predicted molar refractivity (Wildman–Crippen MR) is 84.5 cm³/mol. The van der Waals surface area contributed by atoms with Crippen LogP contribution in [0.3, 0.4) is 0 Å². The van der Waals surface area contributed by atoms with Crippen molar-refractivity contribution in [2.24, 2.45) is 11.8 Å². The molecule has 1 aromatic rings. The second-order valence-electron chi connectivity index (χ2n) is 7.22. The van der Waals surface area contributed by atoms with E-state index in [0.717, 1.165) is 48.3 Å². The molecule has 0 amide bonds. The molecule has 114 valence electrons. The highest BCUT2D eigenvalue weighted by atomic mass is 15.3. The van der Waals surface area contributed by atoms with Gasteiger partial charge in [0.2, 0.25) is 5.95 Å². The van der Waals surface area contributed by atoms with Gasteiger partial charge in [-0.3, -0.25) is 4.90 Å². The zero-order valence-corrected chi connectivity index (χ0v) is 13.3. The van der Waals surface area contributed by atoms with Crippen LogP contribution in [0.4, 0.5) is 5.95 Å². The molecular weight excluding hydrogens is 260 g/mol. The van der Waals surface area contributed by atoms with Crippen molar-refractivity contribution in [1.82, 2.24) is 14.9 Å². The van der Waals surface area contributed by atoms with E-state index in [9.17, 15) is 0 Å². The highest BCUT2D eigenvalue weighted by Gasteiger charge is 2.42. The van der Waals surface area contributed by atoms with Crippen LogP contribution in [-0.4, -0.2) is 47.1 Å². The average molecular weight is 286 g/mol. The summed E-state index contributed by atoms with van der Waals surface area (Å²) in [7, 11) is 0. The van der Waals surface area contributed by atoms with Gasteiger partial charge in [0, 0.05) is 43.6 Å². The normalized spacial score (nSPS) is 32.9. The molecule has 4 nitrogen and oxygen atoms in total. The molecule has 1 saturated heterocycles. The molecule has 0 radical (unpaired) electrons. The molecule has 4 rings (SSSR count). The highest BCUT2D eigenvalue weighted by molar-refractivity contribution is 5.33. The van der Waals surface area contributed by atoms with E-state index >= 15 is 0 Å². The molecule has 4 heteroatoms. The Labute approximate surface area is 127 Å². The van der Waals surface area contributed by atoms with E-state index in [1.807, 2.05) is 0 Å². The third kappa shape index (κ3) is 2.54. The van der Waals surface area contributed by atoms with Crippen molar-refractivity contribution in [3.63, 3.8) is 0 Å². The number of aromatic nitrogens is 2. The fourth-order valence-corrected chi connectivity index (χ4v) is 4.76. The second kappa shape index (κ2) is 5.24. The Balaban J connectivity index is 1.40. The largest absolute Gasteiger partial charge is 0.338 e. The summed E-state index contributed by atoms with van der Waals surface area (Å²) in [5.74, 6) is 2.97. The first kappa shape index (κ1) is 13.5. The molecular formula is C17H26N4. The fraction of sp³-hybridized carbons (Fsp3) is 0.765. The van der Waals surface area contributed by atoms with Crippen molar-refractivity contribution in [3.8, 4) is 0 Å². The molecule has 3 aliphatic rings. The van der Waals surface area contributed by atoms with Crippen molar-refractivity contribution in [3.05, 3.63) is 17.5 Å². The maximum absolute atomic E-state index is 4.61. The maximum atomic E-state index is 4.61. The van der Waals surface area contributed by atoms with Crippen LogP contribution < -0.4 is 4.90 Å². The molecule has 3 unspecified atom stereocenters. The van der Waals surface area contributed by atoms with Crippen LogP contribution in [0.2, 0.25) is 0 Å². The molecule has 1 aromatic heterocycles. The molecule has 2 aliphatic carbocycles. The van der Waals surface area contributed by atoms with Gasteiger partial charge < -0.3 is 4.90 Å². The molecule has 2 heterocycles. The summed E-state index contributed by atoms with van der Waals surface area (Å²) < 4.78 is 0. The maximum Gasteiger partial charge on any atom is 0.225 e. The summed E-state index contributed by atoms with van der Waals surface area (Å²) in [5.41, 5.74) is 2.15. The lowest BCUT2D eigenvalue weighted by Crippen LogP contribution is -2.52. The molecule has 3 atom stereocenters. The number of hydrogen-bond donors (Lipinski definition) is 0. The van der Waals surface area contributed by atoms with Crippen LogP contribution in [0.5, 0.6) is 0 Å². The monoisotopic (exact) mass is 286 g/mol. The first-order valence-corrected chi connectivity index (χ1v) is 8.50. The zero-order chi connectivity index (χ0) is 14.4. The molecule has 2 bridgehead atoms. The van der Waals surface area contributed by atoms with Gasteiger partial charge in [0.05, 0.1) is 0 Å². The van der Waals surface area contributed by atoms with Crippen molar-refractivity contribution in [1.29, 1.82) is 0 Å². The van der Waals surface area contributed by atoms with E-state index in [0.29, 0.717) is 0 Å². The van der Waals surface area contributed by atoms with Crippen LogP contribution in [-0.2, 0) is 0 Å². The Morgan fingerprint density at radius 3 is 2.24 bits per heavy atom. The van der Waals surface area contributed by atoms with Gasteiger partial charge in [0.25, 0.3) is 0 Å². The van der Waals surface area contributed by atoms with E-state index in [1.54, 1.807) is 0 Å². The Bertz CT molecular complexity index is 501. The second-order valence-corrected chi connectivity index (χ2v) is 7.22. The summed E-state index contributed by atoms with van der Waals surface area (Å²) in [4.78, 5) is 14.3. The summed E-state index contributed by atoms with van der Waals surface area (Å²) in [5, 5.41) is 0. The minimum Gasteiger partial charge on any atom is -0.338 e. The first-order valence-electron chi connectivity index (χ1n) is 8.50. The van der Waals surface area contributed by atoms with Gasteiger partial charge in [-0.2, -0.15) is 0 Å². The number of fused-ring (bicyclic) bond motifs is 2. The predicted octanol–water partition coefficient (Wildman–Crippen LogP) is 2.40. The summed E-state index contributed by atoms with van der Waals surface area (Å²) in [6, 6.07) is 2.93. The lowest BCUT2D eigenvalue weighted by Gasteiger charge is -2.41. The number of nitrogens with zero attached hydrogens (tertiary/aromatic N) is 4. The lowest BCUT2D eigenvalue weighted by atomic mass is 9.93. The van der Waals surface area contributed by atoms with Gasteiger partial charge >= 0.3 is 0 Å². The smallest absolute Gasteiger partial charge is 0.225 e. The van der Waals surface area contributed by atoms with E-state index in [1.165, 1.54) is 38.8 Å². The van der Waals surface area contributed by atoms with E-state index < -0.39 is 0 Å². The SMILES string of the molecule is Cc1cc(C)nc(N2CCN(C3CC4CCC3C4)CC2)n1. The molecule has 0 spiro atoms. The molecule has 2 saturated carbocycles. The Morgan fingerprint density at radius 2 is 1.67 bits per heavy atom. The third-order valence-electron chi connectivity index (χ3n) is 5.74. The highest BCUT2D eigenvalue weighted by Crippen LogP contribution is 2.46. The van der Waals surface area contributed by atoms with Gasteiger partial charge in [-0.1, -0.05) is 6.42 Å². The number of hydrogen-bond acceptors (Lipinski definition) is 4. The number of aryl methyl sites for hydroxylation is 2. The van der Waals surface area contributed by atoms with Crippen LogP contribution in [0, 0.1) is 25.7 Å². The topological polar surface area (TPSA) is 32.3 Å². The zero-order valence-electron chi connectivity index (χ0n) is 13.3. The summed E-state index contributed by atoms with van der Waals surface area (Å²) in [6.07, 6.45) is 5.95. The molecule has 0 aromatic carbocycles. The molecule has 21 heavy (non-hydrogen) atoms. The van der Waals surface area contributed by atoms with Crippen LogP contribution in [0.15, 0.2) is 6.07 Å². The minimum atomic E-state index is 0.881. The average Bonchev–Trinajstić information content (AvgIpc) is 3.09. The third-order valence-corrected chi connectivity index (χ3v) is 5.74. The molecule has 3 fully saturated rings. The Hall–Kier alpha value is -1.16. The van der Waals surface area contributed by atoms with Gasteiger partial charge in [0.1, 0.15) is 0 Å². The van der Waals surface area contributed by atoms with Crippen molar-refractivity contribution in [2.45, 2.75) is 45.6 Å². The van der Waals surface area contributed by atoms with E-state index in [4.69, 9.17) is 0 Å². The minimum absolute atomic E-state index is 0.881. The Morgan fingerprint density at radius 1 is 0.952 bits per heavy atom. The quantitative estimate of drug-likeness (QED) is 0.836. The fourth-order valence-electron chi connectivity index (χ4n) is 4.76. The molecule has 0 N–H and O–H groups in total. The summed E-state index contributed by atoms with van der Waals surface area (Å²) >= 11 is 0. The molecule has 1 aliphatic heterocycles. The number of piperazine rings is 1. The van der Waals surface area contributed by atoms with Crippen LogP contribution in [0.1, 0.15) is 37.1 Å². The summed E-state index contributed by atoms with van der Waals surface area (Å²) in [6.45, 7) is 8.65. The van der Waals surface area contributed by atoms with E-state index in [2.05, 4.69) is 39.7 Å². The number of anilines is 1. The van der Waals surface area contributed by atoms with Gasteiger partial charge in [-0.05, 0) is 51.0 Å². The van der Waals surface area contributed by atoms with Crippen molar-refractivity contribution >= 4 is 5.95 Å². The van der Waals surface area contributed by atoms with Crippen LogP contribution in [0.25, 0.3) is 0 Å². The van der Waals surface area contributed by atoms with Gasteiger partial charge in [0.15, 0.2) is 0 Å².